The van der Waals surface area contributed by atoms with Crippen LogP contribution in [-0.4, -0.2) is 15.6 Å². The lowest BCUT2D eigenvalue weighted by atomic mass is 9.96. The first-order chi connectivity index (χ1) is 9.83. The van der Waals surface area contributed by atoms with Crippen molar-refractivity contribution in [2.75, 3.05) is 5.32 Å². The SMILES string of the molecule is CC(Cc1ccsc1)n1ccnc1NC1CCCCC1. The van der Waals surface area contributed by atoms with E-state index in [1.54, 1.807) is 11.3 Å². The van der Waals surface area contributed by atoms with Crippen molar-refractivity contribution in [1.29, 1.82) is 0 Å². The molecule has 4 heteroatoms. The van der Waals surface area contributed by atoms with Gasteiger partial charge < -0.3 is 9.88 Å². The van der Waals surface area contributed by atoms with E-state index in [0.29, 0.717) is 12.1 Å². The Morgan fingerprint density at radius 1 is 1.40 bits per heavy atom. The molecule has 0 aliphatic heterocycles. The van der Waals surface area contributed by atoms with E-state index in [1.807, 2.05) is 6.20 Å². The molecule has 2 heterocycles. The third-order valence-electron chi connectivity index (χ3n) is 4.19. The van der Waals surface area contributed by atoms with Crippen LogP contribution in [0.3, 0.4) is 0 Å². The first-order valence-corrected chi connectivity index (χ1v) is 8.57. The average Bonchev–Trinajstić information content (AvgIpc) is 3.11. The Morgan fingerprint density at radius 2 is 2.25 bits per heavy atom. The van der Waals surface area contributed by atoms with E-state index in [9.17, 15) is 0 Å². The summed E-state index contributed by atoms with van der Waals surface area (Å²) in [6.07, 6.45) is 11.7. The Hall–Kier alpha value is -1.29. The summed E-state index contributed by atoms with van der Waals surface area (Å²) in [5.74, 6) is 1.04. The van der Waals surface area contributed by atoms with Crippen molar-refractivity contribution in [2.24, 2.45) is 0 Å². The maximum atomic E-state index is 4.52. The van der Waals surface area contributed by atoms with Crippen LogP contribution in [0.15, 0.2) is 29.2 Å². The lowest BCUT2D eigenvalue weighted by Gasteiger charge is -2.25. The Bertz CT molecular complexity index is 512. The number of hydrogen-bond acceptors (Lipinski definition) is 3. The van der Waals surface area contributed by atoms with Gasteiger partial charge >= 0.3 is 0 Å². The minimum Gasteiger partial charge on any atom is -0.353 e. The van der Waals surface area contributed by atoms with Gasteiger partial charge in [-0.1, -0.05) is 19.3 Å². The van der Waals surface area contributed by atoms with E-state index in [-0.39, 0.29) is 0 Å². The highest BCUT2D eigenvalue weighted by atomic mass is 32.1. The molecular weight excluding hydrogens is 266 g/mol. The van der Waals surface area contributed by atoms with Crippen molar-refractivity contribution in [3.63, 3.8) is 0 Å². The van der Waals surface area contributed by atoms with E-state index in [1.165, 1.54) is 37.7 Å². The second-order valence-corrected chi connectivity index (χ2v) is 6.60. The Balaban J connectivity index is 1.65. The second-order valence-electron chi connectivity index (χ2n) is 5.82. The van der Waals surface area contributed by atoms with E-state index >= 15 is 0 Å². The molecule has 0 spiro atoms. The Kier molecular flexibility index (Phi) is 4.41. The van der Waals surface area contributed by atoms with E-state index in [2.05, 4.69) is 44.8 Å². The molecule has 0 aromatic carbocycles. The van der Waals surface area contributed by atoms with Crippen LogP contribution < -0.4 is 5.32 Å². The molecular formula is C16H23N3S. The number of hydrogen-bond donors (Lipinski definition) is 1. The molecule has 0 radical (unpaired) electrons. The van der Waals surface area contributed by atoms with Gasteiger partial charge in [-0.05, 0) is 48.6 Å². The van der Waals surface area contributed by atoms with Gasteiger partial charge in [-0.3, -0.25) is 0 Å². The normalized spacial score (nSPS) is 18.1. The van der Waals surface area contributed by atoms with E-state index < -0.39 is 0 Å². The van der Waals surface area contributed by atoms with Crippen molar-refractivity contribution < 1.29 is 0 Å². The molecule has 0 bridgehead atoms. The fourth-order valence-electron chi connectivity index (χ4n) is 3.06. The van der Waals surface area contributed by atoms with Gasteiger partial charge in [-0.2, -0.15) is 11.3 Å². The van der Waals surface area contributed by atoms with Gasteiger partial charge in [0.25, 0.3) is 0 Å². The summed E-state index contributed by atoms with van der Waals surface area (Å²) in [5, 5.41) is 8.03. The van der Waals surface area contributed by atoms with Gasteiger partial charge in [-0.25, -0.2) is 4.98 Å². The van der Waals surface area contributed by atoms with Crippen molar-refractivity contribution >= 4 is 17.3 Å². The van der Waals surface area contributed by atoms with Crippen LogP contribution in [0.1, 0.15) is 50.6 Å². The van der Waals surface area contributed by atoms with Crippen LogP contribution in [-0.2, 0) is 6.42 Å². The van der Waals surface area contributed by atoms with Gasteiger partial charge in [0.1, 0.15) is 0 Å². The molecule has 1 aliphatic carbocycles. The minimum absolute atomic E-state index is 0.443. The molecule has 2 aromatic rings. The Labute approximate surface area is 125 Å². The summed E-state index contributed by atoms with van der Waals surface area (Å²) in [5.41, 5.74) is 1.42. The predicted molar refractivity (Wildman–Crippen MR) is 85.5 cm³/mol. The number of aromatic nitrogens is 2. The molecule has 0 amide bonds. The smallest absolute Gasteiger partial charge is 0.203 e. The highest BCUT2D eigenvalue weighted by Crippen LogP contribution is 2.24. The zero-order valence-corrected chi connectivity index (χ0v) is 12.9. The number of thiophene rings is 1. The van der Waals surface area contributed by atoms with Crippen LogP contribution >= 0.6 is 11.3 Å². The van der Waals surface area contributed by atoms with E-state index in [0.717, 1.165) is 12.4 Å². The van der Waals surface area contributed by atoms with Crippen LogP contribution in [0.2, 0.25) is 0 Å². The largest absolute Gasteiger partial charge is 0.353 e. The summed E-state index contributed by atoms with van der Waals surface area (Å²) >= 11 is 1.77. The molecule has 1 unspecified atom stereocenters. The molecule has 20 heavy (non-hydrogen) atoms. The number of nitrogens with zero attached hydrogens (tertiary/aromatic N) is 2. The Morgan fingerprint density at radius 3 is 3.00 bits per heavy atom. The topological polar surface area (TPSA) is 29.9 Å². The minimum atomic E-state index is 0.443. The molecule has 1 fully saturated rings. The summed E-state index contributed by atoms with van der Waals surface area (Å²) in [6, 6.07) is 3.27. The third kappa shape index (κ3) is 3.23. The van der Waals surface area contributed by atoms with Crippen molar-refractivity contribution in [1.82, 2.24) is 9.55 Å². The number of imidazole rings is 1. The molecule has 1 N–H and O–H groups in total. The van der Waals surface area contributed by atoms with Gasteiger partial charge in [0.05, 0.1) is 0 Å². The fraction of sp³-hybridized carbons (Fsp3) is 0.562. The molecule has 0 saturated heterocycles. The zero-order chi connectivity index (χ0) is 13.8. The lowest BCUT2D eigenvalue weighted by Crippen LogP contribution is -2.25. The molecule has 1 aliphatic rings. The second kappa shape index (κ2) is 6.44. The van der Waals surface area contributed by atoms with Gasteiger partial charge in [0.2, 0.25) is 5.95 Å². The molecule has 108 valence electrons. The molecule has 2 aromatic heterocycles. The maximum Gasteiger partial charge on any atom is 0.203 e. The summed E-state index contributed by atoms with van der Waals surface area (Å²) in [7, 11) is 0. The van der Waals surface area contributed by atoms with E-state index in [4.69, 9.17) is 0 Å². The van der Waals surface area contributed by atoms with Crippen LogP contribution in [0.4, 0.5) is 5.95 Å². The first kappa shape index (κ1) is 13.7. The predicted octanol–water partition coefficient (Wildman–Crippen LogP) is 4.49. The van der Waals surface area contributed by atoms with Crippen LogP contribution in [0, 0.1) is 0 Å². The van der Waals surface area contributed by atoms with Gasteiger partial charge in [0, 0.05) is 24.5 Å². The van der Waals surface area contributed by atoms with Gasteiger partial charge in [0.15, 0.2) is 0 Å². The molecule has 3 nitrogen and oxygen atoms in total. The van der Waals surface area contributed by atoms with Crippen LogP contribution in [0.5, 0.6) is 0 Å². The zero-order valence-electron chi connectivity index (χ0n) is 12.1. The van der Waals surface area contributed by atoms with Crippen LogP contribution in [0.25, 0.3) is 0 Å². The summed E-state index contributed by atoms with van der Waals surface area (Å²) in [6.45, 7) is 2.27. The number of nitrogens with one attached hydrogen (secondary N) is 1. The number of anilines is 1. The molecule has 3 rings (SSSR count). The highest BCUT2D eigenvalue weighted by molar-refractivity contribution is 7.07. The molecule has 1 atom stereocenters. The maximum absolute atomic E-state index is 4.52. The first-order valence-electron chi connectivity index (χ1n) is 7.63. The monoisotopic (exact) mass is 289 g/mol. The standard InChI is InChI=1S/C16H23N3S/c1-13(11-14-7-10-20-12-14)19-9-8-17-16(19)18-15-5-3-2-4-6-15/h7-10,12-13,15H,2-6,11H2,1H3,(H,17,18). The summed E-state index contributed by atoms with van der Waals surface area (Å²) < 4.78 is 2.28. The number of rotatable bonds is 5. The van der Waals surface area contributed by atoms with Crippen molar-refractivity contribution in [3.8, 4) is 0 Å². The summed E-state index contributed by atoms with van der Waals surface area (Å²) in [4.78, 5) is 4.52. The van der Waals surface area contributed by atoms with Gasteiger partial charge in [-0.15, -0.1) is 0 Å². The molecule has 1 saturated carbocycles. The quantitative estimate of drug-likeness (QED) is 0.878. The lowest BCUT2D eigenvalue weighted by molar-refractivity contribution is 0.455. The average molecular weight is 289 g/mol. The fourth-order valence-corrected chi connectivity index (χ4v) is 3.74. The van der Waals surface area contributed by atoms with Crippen molar-refractivity contribution in [3.05, 3.63) is 34.8 Å². The third-order valence-corrected chi connectivity index (χ3v) is 4.93. The van der Waals surface area contributed by atoms with Crippen molar-refractivity contribution in [2.45, 2.75) is 57.5 Å². The highest BCUT2D eigenvalue weighted by Gasteiger charge is 2.17.